The highest BCUT2D eigenvalue weighted by atomic mass is 19.1. The second-order valence-electron chi connectivity index (χ2n) is 3.13. The van der Waals surface area contributed by atoms with Crippen molar-refractivity contribution < 1.29 is 8.78 Å². The second-order valence-corrected chi connectivity index (χ2v) is 3.13. The van der Waals surface area contributed by atoms with Crippen LogP contribution in [0.1, 0.15) is 5.82 Å². The van der Waals surface area contributed by atoms with Crippen molar-refractivity contribution in [3.8, 4) is 6.07 Å². The lowest BCUT2D eigenvalue weighted by Gasteiger charge is -2.06. The Bertz CT molecular complexity index is 592. The summed E-state index contributed by atoms with van der Waals surface area (Å²) in [6.07, 6.45) is 1.37. The number of nitriles is 1. The van der Waals surface area contributed by atoms with Gasteiger partial charge in [0.2, 0.25) is 5.82 Å². The Labute approximate surface area is 95.6 Å². The summed E-state index contributed by atoms with van der Waals surface area (Å²) < 4.78 is 26.0. The molecular weight excluding hydrogens is 226 g/mol. The van der Waals surface area contributed by atoms with Gasteiger partial charge in [-0.05, 0) is 18.2 Å². The van der Waals surface area contributed by atoms with Crippen LogP contribution < -0.4 is 5.32 Å². The minimum absolute atomic E-state index is 0.0301. The van der Waals surface area contributed by atoms with E-state index in [2.05, 4.69) is 15.3 Å². The van der Waals surface area contributed by atoms with E-state index in [9.17, 15) is 8.78 Å². The van der Waals surface area contributed by atoms with Crippen LogP contribution in [0, 0.1) is 23.0 Å². The fraction of sp³-hybridized carbons (Fsp3) is 0. The molecule has 0 aliphatic rings. The molecule has 4 nitrogen and oxygen atoms in total. The smallest absolute Gasteiger partial charge is 0.234 e. The third kappa shape index (κ3) is 2.52. The van der Waals surface area contributed by atoms with Crippen molar-refractivity contribution in [3.63, 3.8) is 0 Å². The molecule has 0 atom stereocenters. The molecule has 1 aromatic heterocycles. The van der Waals surface area contributed by atoms with Crippen LogP contribution in [-0.2, 0) is 0 Å². The van der Waals surface area contributed by atoms with Crippen molar-refractivity contribution in [2.24, 2.45) is 0 Å². The van der Waals surface area contributed by atoms with Crippen LogP contribution >= 0.6 is 0 Å². The summed E-state index contributed by atoms with van der Waals surface area (Å²) >= 11 is 0. The molecule has 1 aromatic carbocycles. The Hall–Kier alpha value is -2.55. The van der Waals surface area contributed by atoms with E-state index in [-0.39, 0.29) is 17.3 Å². The van der Waals surface area contributed by atoms with E-state index in [1.54, 1.807) is 6.07 Å². The van der Waals surface area contributed by atoms with Crippen molar-refractivity contribution in [1.29, 1.82) is 5.26 Å². The van der Waals surface area contributed by atoms with Crippen LogP contribution in [0.15, 0.2) is 30.5 Å². The monoisotopic (exact) mass is 232 g/mol. The Balaban J connectivity index is 2.28. The van der Waals surface area contributed by atoms with Gasteiger partial charge in [-0.15, -0.1) is 0 Å². The molecular formula is C11H6F2N4. The first kappa shape index (κ1) is 11.0. The molecule has 0 fully saturated rings. The lowest BCUT2D eigenvalue weighted by molar-refractivity contribution is 0.586. The lowest BCUT2D eigenvalue weighted by Crippen LogP contribution is -1.99. The van der Waals surface area contributed by atoms with Gasteiger partial charge < -0.3 is 5.32 Å². The van der Waals surface area contributed by atoms with Crippen molar-refractivity contribution in [3.05, 3.63) is 47.9 Å². The van der Waals surface area contributed by atoms with Gasteiger partial charge in [0.05, 0.1) is 5.69 Å². The Morgan fingerprint density at radius 1 is 1.24 bits per heavy atom. The summed E-state index contributed by atoms with van der Waals surface area (Å²) in [6, 6.07) is 6.37. The van der Waals surface area contributed by atoms with E-state index in [0.717, 1.165) is 12.1 Å². The van der Waals surface area contributed by atoms with Gasteiger partial charge in [-0.3, -0.25) is 0 Å². The average Bonchev–Trinajstić information content (AvgIpc) is 2.33. The molecule has 17 heavy (non-hydrogen) atoms. The van der Waals surface area contributed by atoms with Gasteiger partial charge in [0.1, 0.15) is 23.5 Å². The molecule has 0 saturated carbocycles. The molecule has 0 saturated heterocycles. The summed E-state index contributed by atoms with van der Waals surface area (Å²) in [7, 11) is 0. The Morgan fingerprint density at radius 3 is 2.76 bits per heavy atom. The molecule has 0 spiro atoms. The number of aromatic nitrogens is 2. The van der Waals surface area contributed by atoms with Gasteiger partial charge in [-0.25, -0.2) is 18.7 Å². The van der Waals surface area contributed by atoms with Crippen LogP contribution in [-0.4, -0.2) is 9.97 Å². The van der Waals surface area contributed by atoms with Crippen LogP contribution in [0.3, 0.4) is 0 Å². The number of benzene rings is 1. The largest absolute Gasteiger partial charge is 0.338 e. The van der Waals surface area contributed by atoms with E-state index >= 15 is 0 Å². The summed E-state index contributed by atoms with van der Waals surface area (Å²) in [4.78, 5) is 7.48. The molecule has 0 unspecified atom stereocenters. The van der Waals surface area contributed by atoms with E-state index in [4.69, 9.17) is 5.26 Å². The van der Waals surface area contributed by atoms with Crippen molar-refractivity contribution >= 4 is 11.5 Å². The third-order valence-electron chi connectivity index (χ3n) is 1.95. The topological polar surface area (TPSA) is 61.6 Å². The number of nitrogens with one attached hydrogen (secondary N) is 1. The van der Waals surface area contributed by atoms with Crippen molar-refractivity contribution in [1.82, 2.24) is 9.97 Å². The maximum absolute atomic E-state index is 13.3. The fourth-order valence-electron chi connectivity index (χ4n) is 1.21. The fourth-order valence-corrected chi connectivity index (χ4v) is 1.21. The highest BCUT2D eigenvalue weighted by Crippen LogP contribution is 2.18. The van der Waals surface area contributed by atoms with Crippen molar-refractivity contribution in [2.45, 2.75) is 0 Å². The molecule has 84 valence electrons. The number of hydrogen-bond acceptors (Lipinski definition) is 4. The minimum atomic E-state index is -0.734. The van der Waals surface area contributed by atoms with Crippen LogP contribution in [0.5, 0.6) is 0 Å². The van der Waals surface area contributed by atoms with Gasteiger partial charge in [0.15, 0.2) is 0 Å². The first-order valence-electron chi connectivity index (χ1n) is 4.64. The number of rotatable bonds is 2. The predicted octanol–water partition coefficient (Wildman–Crippen LogP) is 2.37. The van der Waals surface area contributed by atoms with Crippen LogP contribution in [0.25, 0.3) is 0 Å². The SMILES string of the molecule is N#Cc1nccc(Nc2ccc(F)cc2F)n1. The van der Waals surface area contributed by atoms with E-state index < -0.39 is 11.6 Å². The van der Waals surface area contributed by atoms with E-state index in [0.29, 0.717) is 0 Å². The number of halogens is 2. The average molecular weight is 232 g/mol. The third-order valence-corrected chi connectivity index (χ3v) is 1.95. The molecule has 0 aliphatic carbocycles. The summed E-state index contributed by atoms with van der Waals surface area (Å²) in [5.41, 5.74) is 0.0778. The molecule has 1 heterocycles. The molecule has 0 radical (unpaired) electrons. The highest BCUT2D eigenvalue weighted by molar-refractivity contribution is 5.56. The normalized spacial score (nSPS) is 9.71. The first-order chi connectivity index (χ1) is 8.19. The molecule has 0 aliphatic heterocycles. The highest BCUT2D eigenvalue weighted by Gasteiger charge is 2.05. The zero-order valence-electron chi connectivity index (χ0n) is 8.48. The quantitative estimate of drug-likeness (QED) is 0.863. The number of anilines is 2. The maximum atomic E-state index is 13.3. The molecule has 0 amide bonds. The number of hydrogen-bond donors (Lipinski definition) is 1. The van der Waals surface area contributed by atoms with Gasteiger partial charge in [0.25, 0.3) is 0 Å². The number of nitrogens with zero attached hydrogens (tertiary/aromatic N) is 3. The van der Waals surface area contributed by atoms with Crippen molar-refractivity contribution in [2.75, 3.05) is 5.32 Å². The molecule has 0 bridgehead atoms. The molecule has 1 N–H and O–H groups in total. The minimum Gasteiger partial charge on any atom is -0.338 e. The van der Waals surface area contributed by atoms with Gasteiger partial charge in [-0.1, -0.05) is 0 Å². The van der Waals surface area contributed by atoms with Crippen LogP contribution in [0.4, 0.5) is 20.3 Å². The Morgan fingerprint density at radius 2 is 2.06 bits per heavy atom. The van der Waals surface area contributed by atoms with E-state index in [1.165, 1.54) is 18.3 Å². The Kier molecular flexibility index (Phi) is 2.92. The summed E-state index contributed by atoms with van der Waals surface area (Å²) in [5, 5.41) is 11.2. The molecule has 2 rings (SSSR count). The lowest BCUT2D eigenvalue weighted by atomic mass is 10.3. The zero-order valence-corrected chi connectivity index (χ0v) is 8.48. The van der Waals surface area contributed by atoms with Gasteiger partial charge >= 0.3 is 0 Å². The van der Waals surface area contributed by atoms with E-state index in [1.807, 2.05) is 0 Å². The predicted molar refractivity (Wildman–Crippen MR) is 56.4 cm³/mol. The first-order valence-corrected chi connectivity index (χ1v) is 4.64. The standard InChI is InChI=1S/C11H6F2N4/c12-7-1-2-9(8(13)5-7)16-10-3-4-15-11(6-14)17-10/h1-5H,(H,15,16,17). The molecule has 2 aromatic rings. The summed E-state index contributed by atoms with van der Waals surface area (Å²) in [6.45, 7) is 0. The van der Waals surface area contributed by atoms with Gasteiger partial charge in [-0.2, -0.15) is 5.26 Å². The maximum Gasteiger partial charge on any atom is 0.234 e. The van der Waals surface area contributed by atoms with Gasteiger partial charge in [0, 0.05) is 12.3 Å². The summed E-state index contributed by atoms with van der Waals surface area (Å²) in [5.74, 6) is -1.16. The van der Waals surface area contributed by atoms with Crippen LogP contribution in [0.2, 0.25) is 0 Å². The zero-order chi connectivity index (χ0) is 12.3. The molecule has 6 heteroatoms. The second kappa shape index (κ2) is 4.53.